The summed E-state index contributed by atoms with van der Waals surface area (Å²) in [6.45, 7) is 3.29. The van der Waals surface area contributed by atoms with Gasteiger partial charge in [0.05, 0.1) is 0 Å². The standard InChI is InChI=1S/C22H25Cl2N3O2/c1-26-13-19(18-11-16(23)12-21(24)20(18)14-26)15-5-7-17(8-6-15)25-22(28)29-27-9-3-2-4-10-27/h5-8,11-12,19H,2-4,9-10,13-14H2,1H3,(H,25,28). The van der Waals surface area contributed by atoms with Crippen molar-refractivity contribution in [2.75, 3.05) is 32.0 Å². The first-order valence-corrected chi connectivity index (χ1v) is 10.8. The van der Waals surface area contributed by atoms with Crippen molar-refractivity contribution >= 4 is 35.0 Å². The lowest BCUT2D eigenvalue weighted by Gasteiger charge is -2.33. The molecule has 0 bridgehead atoms. The van der Waals surface area contributed by atoms with E-state index in [1.54, 1.807) is 11.1 Å². The minimum atomic E-state index is -0.444. The molecule has 0 spiro atoms. The first-order chi connectivity index (χ1) is 14.0. The highest BCUT2D eigenvalue weighted by Crippen LogP contribution is 2.38. The number of hydroxylamine groups is 2. The number of carbonyl (C=O) groups excluding carboxylic acids is 1. The molecule has 1 N–H and O–H groups in total. The van der Waals surface area contributed by atoms with Gasteiger partial charge in [-0.25, -0.2) is 4.79 Å². The van der Waals surface area contributed by atoms with Gasteiger partial charge in [0.2, 0.25) is 0 Å². The fraction of sp³-hybridized carbons (Fsp3) is 0.409. The second kappa shape index (κ2) is 8.92. The van der Waals surface area contributed by atoms with Crippen LogP contribution in [0.15, 0.2) is 36.4 Å². The van der Waals surface area contributed by atoms with E-state index >= 15 is 0 Å². The zero-order chi connectivity index (χ0) is 20.4. The number of rotatable bonds is 3. The Kier molecular flexibility index (Phi) is 6.30. The van der Waals surface area contributed by atoms with Gasteiger partial charge in [-0.1, -0.05) is 41.8 Å². The Morgan fingerprint density at radius 2 is 1.83 bits per heavy atom. The summed E-state index contributed by atoms with van der Waals surface area (Å²) in [7, 11) is 2.09. The molecule has 1 amide bonds. The first kappa shape index (κ1) is 20.5. The summed E-state index contributed by atoms with van der Waals surface area (Å²) >= 11 is 12.7. The van der Waals surface area contributed by atoms with E-state index in [9.17, 15) is 4.79 Å². The SMILES string of the molecule is CN1Cc2c(Cl)cc(Cl)cc2C(c2ccc(NC(=O)ON3CCCCC3)cc2)C1. The highest BCUT2D eigenvalue weighted by Gasteiger charge is 2.27. The van der Waals surface area contributed by atoms with Crippen molar-refractivity contribution in [3.63, 3.8) is 0 Å². The Bertz CT molecular complexity index is 882. The molecule has 0 aliphatic carbocycles. The van der Waals surface area contributed by atoms with Gasteiger partial charge >= 0.3 is 6.09 Å². The molecule has 0 radical (unpaired) electrons. The van der Waals surface area contributed by atoms with Gasteiger partial charge in [-0.2, -0.15) is 0 Å². The lowest BCUT2D eigenvalue weighted by atomic mass is 9.85. The summed E-state index contributed by atoms with van der Waals surface area (Å²) < 4.78 is 0. The summed E-state index contributed by atoms with van der Waals surface area (Å²) in [4.78, 5) is 19.8. The number of hydrogen-bond acceptors (Lipinski definition) is 4. The third kappa shape index (κ3) is 4.86. The third-order valence-electron chi connectivity index (χ3n) is 5.58. The van der Waals surface area contributed by atoms with Crippen LogP contribution in [0.25, 0.3) is 0 Å². The van der Waals surface area contributed by atoms with Crippen LogP contribution in [0.2, 0.25) is 10.0 Å². The molecule has 154 valence electrons. The highest BCUT2D eigenvalue weighted by molar-refractivity contribution is 6.35. The molecule has 5 nitrogen and oxygen atoms in total. The van der Waals surface area contributed by atoms with Crippen LogP contribution in [-0.4, -0.2) is 42.7 Å². The zero-order valence-electron chi connectivity index (χ0n) is 16.5. The van der Waals surface area contributed by atoms with Gasteiger partial charge in [0.1, 0.15) is 0 Å². The molecule has 1 atom stereocenters. The summed E-state index contributed by atoms with van der Waals surface area (Å²) in [5.74, 6) is 0.175. The van der Waals surface area contributed by atoms with Crippen LogP contribution < -0.4 is 5.32 Å². The summed E-state index contributed by atoms with van der Waals surface area (Å²) in [5, 5.41) is 5.91. The molecule has 0 saturated carbocycles. The van der Waals surface area contributed by atoms with Gasteiger partial charge in [-0.3, -0.25) is 5.32 Å². The van der Waals surface area contributed by atoms with Crippen molar-refractivity contribution in [3.05, 3.63) is 63.1 Å². The normalized spacial score (nSPS) is 20.2. The van der Waals surface area contributed by atoms with Crippen LogP contribution in [0.3, 0.4) is 0 Å². The fourth-order valence-corrected chi connectivity index (χ4v) is 4.71. The topological polar surface area (TPSA) is 44.8 Å². The molecule has 1 unspecified atom stereocenters. The van der Waals surface area contributed by atoms with Crippen molar-refractivity contribution in [1.29, 1.82) is 0 Å². The average Bonchev–Trinajstić information content (AvgIpc) is 2.69. The van der Waals surface area contributed by atoms with E-state index in [1.807, 2.05) is 30.3 Å². The number of carbonyl (C=O) groups is 1. The summed E-state index contributed by atoms with van der Waals surface area (Å²) in [5.41, 5.74) is 4.17. The van der Waals surface area contributed by atoms with E-state index in [2.05, 4.69) is 17.3 Å². The van der Waals surface area contributed by atoms with Gasteiger partial charge in [0.25, 0.3) is 0 Å². The Morgan fingerprint density at radius 3 is 2.55 bits per heavy atom. The molecule has 1 saturated heterocycles. The van der Waals surface area contributed by atoms with E-state index in [0.717, 1.165) is 50.1 Å². The van der Waals surface area contributed by atoms with E-state index in [-0.39, 0.29) is 5.92 Å². The molecule has 2 aliphatic heterocycles. The Hall–Kier alpha value is -1.79. The smallest absolute Gasteiger partial charge is 0.351 e. The van der Waals surface area contributed by atoms with Crippen molar-refractivity contribution in [2.45, 2.75) is 31.7 Å². The maximum Gasteiger partial charge on any atom is 0.430 e. The summed E-state index contributed by atoms with van der Waals surface area (Å²) in [6, 6.07) is 11.7. The Labute approximate surface area is 181 Å². The van der Waals surface area contributed by atoms with Crippen molar-refractivity contribution < 1.29 is 9.63 Å². The van der Waals surface area contributed by atoms with Crippen LogP contribution in [0, 0.1) is 0 Å². The number of hydrogen-bond donors (Lipinski definition) is 1. The first-order valence-electron chi connectivity index (χ1n) is 10.00. The molecule has 2 aliphatic rings. The predicted octanol–water partition coefficient (Wildman–Crippen LogP) is 5.52. The fourth-order valence-electron chi connectivity index (χ4n) is 4.14. The van der Waals surface area contributed by atoms with Crippen molar-refractivity contribution in [3.8, 4) is 0 Å². The Morgan fingerprint density at radius 1 is 1.10 bits per heavy atom. The van der Waals surface area contributed by atoms with Gasteiger partial charge in [0, 0.05) is 47.8 Å². The number of amides is 1. The zero-order valence-corrected chi connectivity index (χ0v) is 18.0. The Balaban J connectivity index is 1.47. The van der Waals surface area contributed by atoms with Gasteiger partial charge in [-0.15, -0.1) is 5.06 Å². The number of piperidine rings is 1. The van der Waals surface area contributed by atoms with Crippen LogP contribution in [0.5, 0.6) is 0 Å². The van der Waals surface area contributed by atoms with E-state index in [4.69, 9.17) is 28.0 Å². The predicted molar refractivity (Wildman–Crippen MR) is 117 cm³/mol. The molecule has 2 aromatic carbocycles. The van der Waals surface area contributed by atoms with Crippen LogP contribution in [0.1, 0.15) is 41.9 Å². The number of nitrogens with zero attached hydrogens (tertiary/aromatic N) is 2. The maximum absolute atomic E-state index is 12.1. The molecular weight excluding hydrogens is 409 g/mol. The molecule has 7 heteroatoms. The molecule has 2 aromatic rings. The van der Waals surface area contributed by atoms with Crippen molar-refractivity contribution in [2.24, 2.45) is 0 Å². The van der Waals surface area contributed by atoms with Gasteiger partial charge in [0.15, 0.2) is 0 Å². The lowest BCUT2D eigenvalue weighted by molar-refractivity contribution is -0.105. The van der Waals surface area contributed by atoms with Gasteiger partial charge in [-0.05, 0) is 60.8 Å². The third-order valence-corrected chi connectivity index (χ3v) is 6.13. The number of anilines is 1. The van der Waals surface area contributed by atoms with E-state index in [0.29, 0.717) is 15.7 Å². The minimum Gasteiger partial charge on any atom is -0.351 e. The van der Waals surface area contributed by atoms with Crippen LogP contribution >= 0.6 is 23.2 Å². The summed E-state index contributed by atoms with van der Waals surface area (Å²) in [6.07, 6.45) is 2.88. The largest absolute Gasteiger partial charge is 0.430 e. The van der Waals surface area contributed by atoms with Gasteiger partial charge < -0.3 is 9.74 Å². The number of halogens is 2. The molecule has 29 heavy (non-hydrogen) atoms. The number of likely N-dealkylation sites (N-methyl/N-ethyl adjacent to an activating group) is 1. The van der Waals surface area contributed by atoms with E-state index < -0.39 is 6.09 Å². The minimum absolute atomic E-state index is 0.175. The lowest BCUT2D eigenvalue weighted by Crippen LogP contribution is -2.34. The monoisotopic (exact) mass is 433 g/mol. The maximum atomic E-state index is 12.1. The van der Waals surface area contributed by atoms with Crippen LogP contribution in [-0.2, 0) is 11.4 Å². The molecule has 2 heterocycles. The molecule has 4 rings (SSSR count). The number of benzene rings is 2. The number of nitrogens with one attached hydrogen (secondary N) is 1. The molecule has 0 aromatic heterocycles. The average molecular weight is 434 g/mol. The quantitative estimate of drug-likeness (QED) is 0.691. The van der Waals surface area contributed by atoms with Crippen molar-refractivity contribution in [1.82, 2.24) is 9.96 Å². The molecular formula is C22H25Cl2N3O2. The second-order valence-corrected chi connectivity index (χ2v) is 8.66. The molecule has 1 fully saturated rings. The van der Waals surface area contributed by atoms with Crippen LogP contribution in [0.4, 0.5) is 10.5 Å². The highest BCUT2D eigenvalue weighted by atomic mass is 35.5. The van der Waals surface area contributed by atoms with E-state index in [1.165, 1.54) is 12.0 Å². The number of fused-ring (bicyclic) bond motifs is 1. The second-order valence-electron chi connectivity index (χ2n) is 7.82.